The Balaban J connectivity index is 1.91. The summed E-state index contributed by atoms with van der Waals surface area (Å²) >= 11 is 0. The molecule has 1 aromatic carbocycles. The number of nitrogens with zero attached hydrogens (tertiary/aromatic N) is 2. The average molecular weight is 340 g/mol. The first-order valence-corrected chi connectivity index (χ1v) is 9.08. The number of nitrogens with one attached hydrogen (secondary N) is 1. The van der Waals surface area contributed by atoms with Crippen molar-refractivity contribution in [3.05, 3.63) is 29.3 Å². The van der Waals surface area contributed by atoms with E-state index in [-0.39, 0.29) is 6.54 Å². The maximum Gasteiger partial charge on any atom is 0.240 e. The highest BCUT2D eigenvalue weighted by Crippen LogP contribution is 2.16. The number of hydrogen-bond acceptors (Lipinski definition) is 4. The average Bonchev–Trinajstić information content (AvgIpc) is 2.54. The molecule has 23 heavy (non-hydrogen) atoms. The van der Waals surface area contributed by atoms with Crippen molar-refractivity contribution in [1.29, 1.82) is 0 Å². The van der Waals surface area contributed by atoms with Gasteiger partial charge < -0.3 is 15.4 Å². The molecule has 128 valence electrons. The Hall–Kier alpha value is -1.64. The third-order valence-corrected chi connectivity index (χ3v) is 5.25. The lowest BCUT2D eigenvalue weighted by molar-refractivity contribution is 0.0674. The van der Waals surface area contributed by atoms with Crippen LogP contribution in [0.3, 0.4) is 0 Å². The van der Waals surface area contributed by atoms with Crippen LogP contribution in [0.2, 0.25) is 0 Å². The van der Waals surface area contributed by atoms with Gasteiger partial charge in [0.15, 0.2) is 5.96 Å². The van der Waals surface area contributed by atoms with Crippen LogP contribution in [0.15, 0.2) is 28.1 Å². The molecule has 3 N–H and O–H groups in total. The third kappa shape index (κ3) is 4.92. The van der Waals surface area contributed by atoms with Gasteiger partial charge in [0.1, 0.15) is 0 Å². The highest BCUT2D eigenvalue weighted by Gasteiger charge is 2.16. The smallest absolute Gasteiger partial charge is 0.240 e. The molecule has 1 heterocycles. The Bertz CT molecular complexity index is 667. The predicted octanol–water partition coefficient (Wildman–Crippen LogP) is 0.229. The van der Waals surface area contributed by atoms with Gasteiger partial charge in [-0.3, -0.25) is 4.99 Å². The summed E-state index contributed by atoms with van der Waals surface area (Å²) in [6.45, 7) is 6.85. The van der Waals surface area contributed by atoms with Gasteiger partial charge in [-0.1, -0.05) is 12.1 Å². The van der Waals surface area contributed by atoms with Gasteiger partial charge >= 0.3 is 0 Å². The van der Waals surface area contributed by atoms with Gasteiger partial charge in [0.2, 0.25) is 10.0 Å². The minimum atomic E-state index is -3.53. The van der Waals surface area contributed by atoms with Crippen molar-refractivity contribution in [1.82, 2.24) is 9.62 Å². The van der Waals surface area contributed by atoms with E-state index in [4.69, 9.17) is 10.5 Å². The number of guanidine groups is 1. The second-order valence-corrected chi connectivity index (χ2v) is 7.24. The number of aryl methyl sites for hydroxylation is 2. The van der Waals surface area contributed by atoms with E-state index in [1.54, 1.807) is 19.1 Å². The van der Waals surface area contributed by atoms with Crippen molar-refractivity contribution in [2.45, 2.75) is 18.7 Å². The first-order valence-electron chi connectivity index (χ1n) is 7.60. The zero-order chi connectivity index (χ0) is 16.9. The van der Waals surface area contributed by atoms with Gasteiger partial charge in [0, 0.05) is 19.6 Å². The summed E-state index contributed by atoms with van der Waals surface area (Å²) < 4.78 is 32.5. The molecule has 7 nitrogen and oxygen atoms in total. The molecule has 0 aromatic heterocycles. The highest BCUT2D eigenvalue weighted by atomic mass is 32.2. The normalized spacial score (nSPS) is 16.6. The molecule has 1 fully saturated rings. The summed E-state index contributed by atoms with van der Waals surface area (Å²) in [4.78, 5) is 6.46. The second kappa shape index (κ2) is 7.76. The summed E-state index contributed by atoms with van der Waals surface area (Å²) in [6, 6.07) is 5.36. The predicted molar refractivity (Wildman–Crippen MR) is 90.0 cm³/mol. The van der Waals surface area contributed by atoms with Gasteiger partial charge in [0.25, 0.3) is 0 Å². The van der Waals surface area contributed by atoms with Crippen LogP contribution in [-0.2, 0) is 14.8 Å². The standard InChI is InChI=1S/C15H24N4O3S/c1-12-3-4-13(2)14(11-12)23(20,21)18-6-5-17-15(16)19-7-9-22-10-8-19/h3-4,11,18H,5-10H2,1-2H3,(H2,16,17). The quantitative estimate of drug-likeness (QED) is 0.454. The SMILES string of the molecule is Cc1ccc(C)c(S(=O)(=O)NCCN=C(N)N2CCOCC2)c1. The molecule has 0 unspecified atom stereocenters. The molecule has 0 radical (unpaired) electrons. The van der Waals surface area contributed by atoms with Crippen LogP contribution in [-0.4, -0.2) is 58.7 Å². The first kappa shape index (κ1) is 17.7. The lowest BCUT2D eigenvalue weighted by Crippen LogP contribution is -2.45. The zero-order valence-electron chi connectivity index (χ0n) is 13.6. The first-order chi connectivity index (χ1) is 10.9. The molecule has 1 aliphatic heterocycles. The van der Waals surface area contributed by atoms with E-state index >= 15 is 0 Å². The fourth-order valence-electron chi connectivity index (χ4n) is 2.32. The molecule has 0 saturated carbocycles. The maximum atomic E-state index is 12.3. The van der Waals surface area contributed by atoms with Crippen LogP contribution < -0.4 is 10.5 Å². The fourth-order valence-corrected chi connectivity index (χ4v) is 3.67. The van der Waals surface area contributed by atoms with Gasteiger partial charge in [-0.05, 0) is 31.0 Å². The molecule has 0 spiro atoms. The number of nitrogens with two attached hydrogens (primary N) is 1. The van der Waals surface area contributed by atoms with E-state index < -0.39 is 10.0 Å². The van der Waals surface area contributed by atoms with Gasteiger partial charge in [-0.15, -0.1) is 0 Å². The van der Waals surface area contributed by atoms with Crippen LogP contribution in [0.4, 0.5) is 0 Å². The van der Waals surface area contributed by atoms with Crippen molar-refractivity contribution < 1.29 is 13.2 Å². The lowest BCUT2D eigenvalue weighted by Gasteiger charge is -2.27. The molecule has 1 aromatic rings. The minimum absolute atomic E-state index is 0.209. The number of sulfonamides is 1. The Labute approximate surface area is 137 Å². The van der Waals surface area contributed by atoms with Crippen molar-refractivity contribution in [2.75, 3.05) is 39.4 Å². The van der Waals surface area contributed by atoms with Crippen molar-refractivity contribution in [3.63, 3.8) is 0 Å². The number of ether oxygens (including phenoxy) is 1. The molecule has 1 saturated heterocycles. The third-order valence-electron chi connectivity index (χ3n) is 3.65. The maximum absolute atomic E-state index is 12.3. The summed E-state index contributed by atoms with van der Waals surface area (Å²) in [5, 5.41) is 0. The minimum Gasteiger partial charge on any atom is -0.378 e. The van der Waals surface area contributed by atoms with Gasteiger partial charge in [0.05, 0.1) is 24.7 Å². The van der Waals surface area contributed by atoms with E-state index in [0.717, 1.165) is 11.1 Å². The number of aliphatic imine (C=N–C) groups is 1. The zero-order valence-corrected chi connectivity index (χ0v) is 14.4. The molecule has 2 rings (SSSR count). The molecule has 0 aliphatic carbocycles. The Morgan fingerprint density at radius 3 is 2.74 bits per heavy atom. The molecular formula is C15H24N4O3S. The van der Waals surface area contributed by atoms with Gasteiger partial charge in [-0.2, -0.15) is 0 Å². The monoisotopic (exact) mass is 340 g/mol. The Morgan fingerprint density at radius 1 is 1.35 bits per heavy atom. The fraction of sp³-hybridized carbons (Fsp3) is 0.533. The van der Waals surface area contributed by atoms with Crippen LogP contribution in [0, 0.1) is 13.8 Å². The van der Waals surface area contributed by atoms with Crippen LogP contribution in [0.1, 0.15) is 11.1 Å². The van der Waals surface area contributed by atoms with E-state index in [9.17, 15) is 8.42 Å². The van der Waals surface area contributed by atoms with E-state index in [2.05, 4.69) is 9.71 Å². The summed E-state index contributed by atoms with van der Waals surface area (Å²) in [7, 11) is -3.53. The largest absolute Gasteiger partial charge is 0.378 e. The number of morpholine rings is 1. The Kier molecular flexibility index (Phi) is 5.97. The number of benzene rings is 1. The summed E-state index contributed by atoms with van der Waals surface area (Å²) in [5.41, 5.74) is 7.53. The molecule has 0 bridgehead atoms. The molecule has 1 aliphatic rings. The number of rotatable bonds is 5. The lowest BCUT2D eigenvalue weighted by atomic mass is 10.2. The summed E-state index contributed by atoms with van der Waals surface area (Å²) in [5.74, 6) is 0.430. The van der Waals surface area contributed by atoms with Crippen molar-refractivity contribution in [2.24, 2.45) is 10.7 Å². The van der Waals surface area contributed by atoms with E-state index in [1.807, 2.05) is 17.9 Å². The molecule has 8 heteroatoms. The van der Waals surface area contributed by atoms with Crippen LogP contribution >= 0.6 is 0 Å². The van der Waals surface area contributed by atoms with Gasteiger partial charge in [-0.25, -0.2) is 13.1 Å². The van der Waals surface area contributed by atoms with E-state index in [1.165, 1.54) is 0 Å². The van der Waals surface area contributed by atoms with Crippen LogP contribution in [0.5, 0.6) is 0 Å². The topological polar surface area (TPSA) is 97.0 Å². The van der Waals surface area contributed by atoms with Crippen LogP contribution in [0.25, 0.3) is 0 Å². The molecule has 0 atom stereocenters. The summed E-state index contributed by atoms with van der Waals surface area (Å²) in [6.07, 6.45) is 0. The molecule has 0 amide bonds. The molecular weight excluding hydrogens is 316 g/mol. The van der Waals surface area contributed by atoms with Crippen molar-refractivity contribution >= 4 is 16.0 Å². The second-order valence-electron chi connectivity index (χ2n) is 5.51. The highest BCUT2D eigenvalue weighted by molar-refractivity contribution is 7.89. The van der Waals surface area contributed by atoms with E-state index in [0.29, 0.717) is 43.7 Å². The van der Waals surface area contributed by atoms with Crippen molar-refractivity contribution in [3.8, 4) is 0 Å². The number of hydrogen-bond donors (Lipinski definition) is 2. The Morgan fingerprint density at radius 2 is 2.04 bits per heavy atom.